The molecule has 0 spiro atoms. The van der Waals surface area contributed by atoms with Crippen LogP contribution in [-0.2, 0) is 21.2 Å². The van der Waals surface area contributed by atoms with E-state index in [0.29, 0.717) is 5.75 Å². The van der Waals surface area contributed by atoms with Gasteiger partial charge in [-0.1, -0.05) is 65.2 Å². The van der Waals surface area contributed by atoms with Crippen LogP contribution in [0.1, 0.15) is 37.8 Å². The molecule has 0 aliphatic carbocycles. The van der Waals surface area contributed by atoms with Gasteiger partial charge in [-0.2, -0.15) is 4.31 Å². The maximum Gasteiger partial charge on any atom is 0.281 e. The lowest BCUT2D eigenvalue weighted by atomic mass is 10.1. The Morgan fingerprint density at radius 2 is 1.70 bits per heavy atom. The molecule has 1 amide bonds. The van der Waals surface area contributed by atoms with E-state index in [2.05, 4.69) is 22.9 Å². The molecule has 0 heterocycles. The fraction of sp³-hybridized carbons (Fsp3) is 0.269. The number of amides is 1. The molecule has 3 aromatic rings. The number of unbranched alkanes of at least 4 members (excludes halogenated alkanes) is 1. The second-order valence-electron chi connectivity index (χ2n) is 7.91. The first-order valence-electron chi connectivity index (χ1n) is 10.9. The van der Waals surface area contributed by atoms with Crippen LogP contribution < -0.4 is 9.04 Å². The molecule has 0 saturated heterocycles. The lowest BCUT2D eigenvalue weighted by Gasteiger charge is -2.26. The Bertz CT molecular complexity index is 1190. The zero-order valence-corrected chi connectivity index (χ0v) is 21.4. The lowest BCUT2D eigenvalue weighted by molar-refractivity contribution is -0.123. The van der Waals surface area contributed by atoms with Crippen molar-refractivity contribution >= 4 is 37.5 Å². The molecular formula is C26H28BrNO4S. The van der Waals surface area contributed by atoms with Crippen LogP contribution in [0.3, 0.4) is 0 Å². The molecule has 0 saturated carbocycles. The summed E-state index contributed by atoms with van der Waals surface area (Å²) in [5, 5.41) is 0. The third-order valence-electron chi connectivity index (χ3n) is 5.21. The second kappa shape index (κ2) is 11.0. The van der Waals surface area contributed by atoms with Crippen molar-refractivity contribution in [1.29, 1.82) is 0 Å². The molecular weight excluding hydrogens is 502 g/mol. The normalized spacial score (nSPS) is 12.2. The highest BCUT2D eigenvalue weighted by Gasteiger charge is 2.34. The van der Waals surface area contributed by atoms with Gasteiger partial charge in [-0.15, -0.1) is 0 Å². The van der Waals surface area contributed by atoms with Crippen molar-refractivity contribution < 1.29 is 17.9 Å². The maximum atomic E-state index is 13.6. The average molecular weight is 530 g/mol. The highest BCUT2D eigenvalue weighted by Crippen LogP contribution is 2.27. The van der Waals surface area contributed by atoms with Crippen molar-refractivity contribution in [2.75, 3.05) is 4.31 Å². The van der Waals surface area contributed by atoms with Gasteiger partial charge in [0.1, 0.15) is 5.75 Å². The van der Waals surface area contributed by atoms with E-state index in [-0.39, 0.29) is 10.6 Å². The molecule has 3 aromatic carbocycles. The van der Waals surface area contributed by atoms with Crippen LogP contribution in [0.4, 0.5) is 5.69 Å². The number of benzene rings is 3. The third kappa shape index (κ3) is 6.24. The summed E-state index contributed by atoms with van der Waals surface area (Å²) in [5.41, 5.74) is 2.31. The maximum absolute atomic E-state index is 13.6. The number of carbonyl (C=O) groups excluding carboxylic acids is 1. The van der Waals surface area contributed by atoms with E-state index in [1.54, 1.807) is 49.4 Å². The summed E-state index contributed by atoms with van der Waals surface area (Å²) in [6.07, 6.45) is 1.98. The monoisotopic (exact) mass is 529 g/mol. The fourth-order valence-electron chi connectivity index (χ4n) is 3.34. The lowest BCUT2D eigenvalue weighted by Crippen LogP contribution is -2.44. The summed E-state index contributed by atoms with van der Waals surface area (Å²) in [7, 11) is -4.15. The zero-order chi connectivity index (χ0) is 24.0. The number of anilines is 1. The van der Waals surface area contributed by atoms with Crippen LogP contribution >= 0.6 is 15.9 Å². The van der Waals surface area contributed by atoms with E-state index in [4.69, 9.17) is 4.74 Å². The second-order valence-corrected chi connectivity index (χ2v) is 10.6. The number of aryl methyl sites for hydroxylation is 2. The average Bonchev–Trinajstić information content (AvgIpc) is 2.78. The summed E-state index contributed by atoms with van der Waals surface area (Å²) < 4.78 is 34.6. The number of hydrogen-bond donors (Lipinski definition) is 0. The van der Waals surface area contributed by atoms with E-state index >= 15 is 0 Å². The van der Waals surface area contributed by atoms with Crippen LogP contribution in [0.2, 0.25) is 0 Å². The Hall–Kier alpha value is -2.64. The van der Waals surface area contributed by atoms with Gasteiger partial charge in [-0.05, 0) is 74.7 Å². The van der Waals surface area contributed by atoms with Gasteiger partial charge >= 0.3 is 0 Å². The topological polar surface area (TPSA) is 63.7 Å². The van der Waals surface area contributed by atoms with Crippen LogP contribution in [0.5, 0.6) is 5.75 Å². The molecule has 0 aliphatic heterocycles. The van der Waals surface area contributed by atoms with Gasteiger partial charge < -0.3 is 4.74 Å². The Morgan fingerprint density at radius 3 is 2.30 bits per heavy atom. The van der Waals surface area contributed by atoms with E-state index < -0.39 is 22.0 Å². The summed E-state index contributed by atoms with van der Waals surface area (Å²) in [6.45, 7) is 5.55. The molecule has 174 valence electrons. The molecule has 0 radical (unpaired) electrons. The molecule has 0 N–H and O–H groups in total. The fourth-order valence-corrected chi connectivity index (χ4v) is 5.19. The molecule has 33 heavy (non-hydrogen) atoms. The minimum Gasteiger partial charge on any atom is -0.481 e. The molecule has 0 fully saturated rings. The van der Waals surface area contributed by atoms with Gasteiger partial charge in [0.05, 0.1) is 10.6 Å². The van der Waals surface area contributed by atoms with Crippen molar-refractivity contribution in [3.63, 3.8) is 0 Å². The van der Waals surface area contributed by atoms with Crippen LogP contribution in [0.25, 0.3) is 0 Å². The predicted molar refractivity (Wildman–Crippen MR) is 135 cm³/mol. The third-order valence-corrected chi connectivity index (χ3v) is 7.44. The predicted octanol–water partition coefficient (Wildman–Crippen LogP) is 6.29. The van der Waals surface area contributed by atoms with Crippen molar-refractivity contribution in [1.82, 2.24) is 0 Å². The first-order chi connectivity index (χ1) is 15.7. The van der Waals surface area contributed by atoms with Crippen molar-refractivity contribution in [2.45, 2.75) is 51.0 Å². The van der Waals surface area contributed by atoms with E-state index in [1.807, 2.05) is 25.1 Å². The Labute approximate surface area is 204 Å². The number of halogens is 1. The summed E-state index contributed by atoms with van der Waals surface area (Å²) in [4.78, 5) is 13.5. The minimum absolute atomic E-state index is 0.0474. The van der Waals surface area contributed by atoms with Crippen molar-refractivity contribution in [3.8, 4) is 5.75 Å². The zero-order valence-electron chi connectivity index (χ0n) is 19.0. The molecule has 5 nitrogen and oxygen atoms in total. The summed E-state index contributed by atoms with van der Waals surface area (Å²) in [5.74, 6) is -0.204. The number of nitrogens with zero attached hydrogens (tertiary/aromatic N) is 1. The van der Waals surface area contributed by atoms with Gasteiger partial charge in [0.15, 0.2) is 6.10 Å². The van der Waals surface area contributed by atoms with Crippen molar-refractivity contribution in [2.24, 2.45) is 0 Å². The standard InChI is InChI=1S/C26H28BrNO4S/c1-4-5-7-21-12-14-23(15-13-21)28(33(30,31)25-16-10-19(2)11-17-25)26(29)20(3)32-24-9-6-8-22(27)18-24/h6,8-18,20H,4-5,7H2,1-3H3. The molecule has 0 bridgehead atoms. The Balaban J connectivity index is 1.98. The molecule has 1 atom stereocenters. The van der Waals surface area contributed by atoms with Gasteiger partial charge in [0.25, 0.3) is 15.9 Å². The summed E-state index contributed by atoms with van der Waals surface area (Å²) in [6, 6.07) is 20.6. The molecule has 7 heteroatoms. The van der Waals surface area contributed by atoms with Crippen molar-refractivity contribution in [3.05, 3.63) is 88.4 Å². The smallest absolute Gasteiger partial charge is 0.281 e. The Morgan fingerprint density at radius 1 is 1.03 bits per heavy atom. The first kappa shape index (κ1) is 25.0. The van der Waals surface area contributed by atoms with Crippen LogP contribution in [0, 0.1) is 6.92 Å². The van der Waals surface area contributed by atoms with Gasteiger partial charge in [0.2, 0.25) is 0 Å². The Kier molecular flexibility index (Phi) is 8.32. The summed E-state index contributed by atoms with van der Waals surface area (Å²) >= 11 is 3.38. The highest BCUT2D eigenvalue weighted by molar-refractivity contribution is 9.10. The quantitative estimate of drug-likeness (QED) is 0.326. The number of rotatable bonds is 9. The van der Waals surface area contributed by atoms with Crippen LogP contribution in [-0.4, -0.2) is 20.4 Å². The van der Waals surface area contributed by atoms with Crippen LogP contribution in [0.15, 0.2) is 82.2 Å². The molecule has 3 rings (SSSR count). The largest absolute Gasteiger partial charge is 0.481 e. The van der Waals surface area contributed by atoms with Gasteiger partial charge in [-0.25, -0.2) is 8.42 Å². The van der Waals surface area contributed by atoms with E-state index in [1.165, 1.54) is 12.1 Å². The van der Waals surface area contributed by atoms with Gasteiger partial charge in [-0.3, -0.25) is 4.79 Å². The van der Waals surface area contributed by atoms with E-state index in [9.17, 15) is 13.2 Å². The van der Waals surface area contributed by atoms with E-state index in [0.717, 1.165) is 39.2 Å². The number of hydrogen-bond acceptors (Lipinski definition) is 4. The number of carbonyl (C=O) groups is 1. The minimum atomic E-state index is -4.15. The molecule has 0 aromatic heterocycles. The molecule has 1 unspecified atom stereocenters. The number of sulfonamides is 1. The highest BCUT2D eigenvalue weighted by atomic mass is 79.9. The number of ether oxygens (including phenoxy) is 1. The SMILES string of the molecule is CCCCc1ccc(N(C(=O)C(C)Oc2cccc(Br)c2)S(=O)(=O)c2ccc(C)cc2)cc1. The van der Waals surface area contributed by atoms with Gasteiger partial charge in [0, 0.05) is 4.47 Å². The first-order valence-corrected chi connectivity index (χ1v) is 13.1. The molecule has 0 aliphatic rings.